The number of hydrogen-bond donors (Lipinski definition) is 1. The maximum atomic E-state index is 13.0. The third-order valence-electron chi connectivity index (χ3n) is 4.59. The second kappa shape index (κ2) is 8.97. The van der Waals surface area contributed by atoms with Gasteiger partial charge in [0, 0.05) is 18.0 Å². The molecule has 0 aliphatic carbocycles. The smallest absolute Gasteiger partial charge is 0.234 e. The van der Waals surface area contributed by atoms with E-state index in [0.717, 1.165) is 5.56 Å². The number of ether oxygens (including phenoxy) is 2. The quantitative estimate of drug-likeness (QED) is 0.758. The molecule has 2 aliphatic heterocycles. The summed E-state index contributed by atoms with van der Waals surface area (Å²) in [6.07, 6.45) is 0.107. The number of amidine groups is 1. The summed E-state index contributed by atoms with van der Waals surface area (Å²) >= 11 is 7.37. The van der Waals surface area contributed by atoms with Crippen LogP contribution in [0.5, 0.6) is 11.5 Å². The van der Waals surface area contributed by atoms with Crippen LogP contribution in [0.1, 0.15) is 18.9 Å². The molecule has 156 valence electrons. The van der Waals surface area contributed by atoms with Crippen LogP contribution in [0.25, 0.3) is 0 Å². The lowest BCUT2D eigenvalue weighted by Gasteiger charge is -2.31. The molecule has 4 rings (SSSR count). The first-order chi connectivity index (χ1) is 14.5. The Kier molecular flexibility index (Phi) is 6.15. The van der Waals surface area contributed by atoms with Gasteiger partial charge in [-0.15, -0.1) is 0 Å². The number of rotatable bonds is 5. The van der Waals surface area contributed by atoms with Crippen molar-refractivity contribution in [3.05, 3.63) is 53.1 Å². The fourth-order valence-corrected chi connectivity index (χ4v) is 4.47. The number of aliphatic imine (C=N–C) groups is 1. The molecule has 1 saturated heterocycles. The van der Waals surface area contributed by atoms with E-state index in [-0.39, 0.29) is 25.0 Å². The number of halogens is 1. The standard InChI is InChI=1S/C21H20ClN3O4S/c1-2-23-20(27)18-10-19(26)25(11-13-6-7-16-17(8-13)29-12-28-16)21(30-18)24-15-5-3-4-14(22)9-15/h3-9,18H,2,10-12H2,1H3,(H,23,27)/t18-/m0/s1. The average molecular weight is 446 g/mol. The molecule has 0 aromatic heterocycles. The van der Waals surface area contributed by atoms with Gasteiger partial charge in [0.25, 0.3) is 0 Å². The maximum absolute atomic E-state index is 13.0. The SMILES string of the molecule is CCNC(=O)[C@@H]1CC(=O)N(Cc2ccc3c(c2)OCO3)C(=Nc2cccc(Cl)c2)S1. The Morgan fingerprint density at radius 3 is 2.90 bits per heavy atom. The summed E-state index contributed by atoms with van der Waals surface area (Å²) in [7, 11) is 0. The van der Waals surface area contributed by atoms with E-state index in [1.54, 1.807) is 29.2 Å². The summed E-state index contributed by atoms with van der Waals surface area (Å²) in [6, 6.07) is 12.6. The molecule has 1 fully saturated rings. The number of fused-ring (bicyclic) bond motifs is 1. The Morgan fingerprint density at radius 1 is 1.27 bits per heavy atom. The van der Waals surface area contributed by atoms with Crippen LogP contribution in [-0.2, 0) is 16.1 Å². The van der Waals surface area contributed by atoms with Crippen molar-refractivity contribution in [2.45, 2.75) is 25.1 Å². The molecule has 1 N–H and O–H groups in total. The van der Waals surface area contributed by atoms with Gasteiger partial charge in [-0.05, 0) is 42.8 Å². The monoisotopic (exact) mass is 445 g/mol. The lowest BCUT2D eigenvalue weighted by molar-refractivity contribution is -0.130. The number of nitrogens with zero attached hydrogens (tertiary/aromatic N) is 2. The van der Waals surface area contributed by atoms with Gasteiger partial charge < -0.3 is 14.8 Å². The van der Waals surface area contributed by atoms with Crippen LogP contribution in [0.15, 0.2) is 47.5 Å². The van der Waals surface area contributed by atoms with Gasteiger partial charge in [-0.2, -0.15) is 0 Å². The van der Waals surface area contributed by atoms with Crippen molar-refractivity contribution in [1.29, 1.82) is 0 Å². The lowest BCUT2D eigenvalue weighted by Crippen LogP contribution is -2.46. The second-order valence-electron chi connectivity index (χ2n) is 6.75. The van der Waals surface area contributed by atoms with Crippen molar-refractivity contribution < 1.29 is 19.1 Å². The minimum absolute atomic E-state index is 0.107. The normalized spacial score (nSPS) is 19.3. The van der Waals surface area contributed by atoms with Gasteiger partial charge in [0.05, 0.1) is 17.5 Å². The third kappa shape index (κ3) is 4.55. The topological polar surface area (TPSA) is 80.2 Å². The first kappa shape index (κ1) is 20.6. The summed E-state index contributed by atoms with van der Waals surface area (Å²) in [5.41, 5.74) is 1.49. The van der Waals surface area contributed by atoms with Gasteiger partial charge in [0.2, 0.25) is 18.6 Å². The highest BCUT2D eigenvalue weighted by atomic mass is 35.5. The molecule has 1 atom stereocenters. The van der Waals surface area contributed by atoms with Crippen molar-refractivity contribution in [2.75, 3.05) is 13.3 Å². The molecule has 0 bridgehead atoms. The maximum Gasteiger partial charge on any atom is 0.234 e. The zero-order chi connectivity index (χ0) is 21.1. The lowest BCUT2D eigenvalue weighted by atomic mass is 10.1. The van der Waals surface area contributed by atoms with Crippen molar-refractivity contribution in [3.63, 3.8) is 0 Å². The summed E-state index contributed by atoms with van der Waals surface area (Å²) in [5, 5.41) is 3.27. The molecule has 2 aliphatic rings. The minimum atomic E-state index is -0.525. The third-order valence-corrected chi connectivity index (χ3v) is 6.02. The summed E-state index contributed by atoms with van der Waals surface area (Å²) in [5.74, 6) is 1.00. The fourth-order valence-electron chi connectivity index (χ4n) is 3.16. The molecular weight excluding hydrogens is 426 g/mol. The largest absolute Gasteiger partial charge is 0.454 e. The molecule has 0 radical (unpaired) electrons. The number of hydrogen-bond acceptors (Lipinski definition) is 6. The predicted molar refractivity (Wildman–Crippen MR) is 116 cm³/mol. The Morgan fingerprint density at radius 2 is 2.10 bits per heavy atom. The molecule has 0 spiro atoms. The second-order valence-corrected chi connectivity index (χ2v) is 8.35. The molecule has 2 aromatic rings. The van der Waals surface area contributed by atoms with Crippen molar-refractivity contribution in [3.8, 4) is 11.5 Å². The predicted octanol–water partition coefficient (Wildman–Crippen LogP) is 3.73. The molecule has 0 unspecified atom stereocenters. The Balaban J connectivity index is 1.64. The molecule has 2 aromatic carbocycles. The van der Waals surface area contributed by atoms with E-state index in [1.807, 2.05) is 25.1 Å². The molecular formula is C21H20ClN3O4S. The molecule has 0 saturated carbocycles. The van der Waals surface area contributed by atoms with Crippen LogP contribution in [0.3, 0.4) is 0 Å². The summed E-state index contributed by atoms with van der Waals surface area (Å²) in [6.45, 7) is 2.85. The number of amides is 2. The van der Waals surface area contributed by atoms with Crippen LogP contribution < -0.4 is 14.8 Å². The molecule has 9 heteroatoms. The number of nitrogens with one attached hydrogen (secondary N) is 1. The van der Waals surface area contributed by atoms with E-state index < -0.39 is 5.25 Å². The highest BCUT2D eigenvalue weighted by molar-refractivity contribution is 8.15. The average Bonchev–Trinajstić information content (AvgIpc) is 3.18. The van der Waals surface area contributed by atoms with Gasteiger partial charge in [-0.1, -0.05) is 35.5 Å². The first-order valence-electron chi connectivity index (χ1n) is 9.51. The fraction of sp³-hybridized carbons (Fsp3) is 0.286. The van der Waals surface area contributed by atoms with Crippen LogP contribution in [0.4, 0.5) is 5.69 Å². The molecule has 2 amide bonds. The summed E-state index contributed by atoms with van der Waals surface area (Å²) < 4.78 is 10.8. The van der Waals surface area contributed by atoms with Crippen LogP contribution in [-0.4, -0.2) is 40.5 Å². The number of carbonyl (C=O) groups is 2. The van der Waals surface area contributed by atoms with Gasteiger partial charge in [-0.25, -0.2) is 4.99 Å². The van der Waals surface area contributed by atoms with Gasteiger partial charge >= 0.3 is 0 Å². The summed E-state index contributed by atoms with van der Waals surface area (Å²) in [4.78, 5) is 31.6. The minimum Gasteiger partial charge on any atom is -0.454 e. The highest BCUT2D eigenvalue weighted by Crippen LogP contribution is 2.35. The van der Waals surface area contributed by atoms with Crippen molar-refractivity contribution in [2.24, 2.45) is 4.99 Å². The molecule has 7 nitrogen and oxygen atoms in total. The Hall–Kier alpha value is -2.71. The van der Waals surface area contributed by atoms with E-state index in [4.69, 9.17) is 21.1 Å². The van der Waals surface area contributed by atoms with Gasteiger partial charge in [0.1, 0.15) is 0 Å². The zero-order valence-corrected chi connectivity index (χ0v) is 17.8. The van der Waals surface area contributed by atoms with E-state index >= 15 is 0 Å². The Labute approximate surface area is 183 Å². The number of thioether (sulfide) groups is 1. The van der Waals surface area contributed by atoms with E-state index in [9.17, 15) is 9.59 Å². The zero-order valence-electron chi connectivity index (χ0n) is 16.3. The van der Waals surface area contributed by atoms with Crippen molar-refractivity contribution in [1.82, 2.24) is 10.2 Å². The van der Waals surface area contributed by atoms with E-state index in [1.165, 1.54) is 11.8 Å². The van der Waals surface area contributed by atoms with Crippen LogP contribution in [0, 0.1) is 0 Å². The number of carbonyl (C=O) groups excluding carboxylic acids is 2. The number of benzene rings is 2. The van der Waals surface area contributed by atoms with Gasteiger partial charge in [-0.3, -0.25) is 14.5 Å². The van der Waals surface area contributed by atoms with Crippen LogP contribution in [0.2, 0.25) is 5.02 Å². The van der Waals surface area contributed by atoms with Gasteiger partial charge in [0.15, 0.2) is 16.7 Å². The van der Waals surface area contributed by atoms with Crippen molar-refractivity contribution >= 4 is 46.0 Å². The van der Waals surface area contributed by atoms with E-state index in [2.05, 4.69) is 10.3 Å². The van der Waals surface area contributed by atoms with E-state index in [0.29, 0.717) is 40.5 Å². The highest BCUT2D eigenvalue weighted by Gasteiger charge is 2.36. The van der Waals surface area contributed by atoms with Crippen LogP contribution >= 0.6 is 23.4 Å². The Bertz CT molecular complexity index is 1010. The molecule has 2 heterocycles. The first-order valence-corrected chi connectivity index (χ1v) is 10.8. The molecule has 30 heavy (non-hydrogen) atoms.